The molecule has 1 aromatic carbocycles. The van der Waals surface area contributed by atoms with Gasteiger partial charge in [0.15, 0.2) is 0 Å². The lowest BCUT2D eigenvalue weighted by Crippen LogP contribution is -2.02. The number of hydrogen-bond acceptors (Lipinski definition) is 3. The number of rotatable bonds is 4. The van der Waals surface area contributed by atoms with Gasteiger partial charge in [0.1, 0.15) is 0 Å². The van der Waals surface area contributed by atoms with Crippen LogP contribution in [0, 0.1) is 13.8 Å². The Morgan fingerprint density at radius 2 is 1.89 bits per heavy atom. The highest BCUT2D eigenvalue weighted by molar-refractivity contribution is 5.46. The van der Waals surface area contributed by atoms with Gasteiger partial charge in [-0.3, -0.25) is 0 Å². The number of aromatic nitrogens is 2. The zero-order valence-corrected chi connectivity index (χ0v) is 11.3. The SMILES string of the molecule is COc1c(CNc2ccc(C)cc2)c(C)nn1C. The van der Waals surface area contributed by atoms with Crippen LogP contribution in [0.1, 0.15) is 16.8 Å². The molecular formula is C14H19N3O. The average molecular weight is 245 g/mol. The van der Waals surface area contributed by atoms with Crippen LogP contribution in [0.3, 0.4) is 0 Å². The molecule has 4 nitrogen and oxygen atoms in total. The molecule has 1 heterocycles. The fourth-order valence-corrected chi connectivity index (χ4v) is 2.00. The van der Waals surface area contributed by atoms with Crippen LogP contribution >= 0.6 is 0 Å². The molecule has 2 rings (SSSR count). The Balaban J connectivity index is 2.12. The minimum Gasteiger partial charge on any atom is -0.481 e. The summed E-state index contributed by atoms with van der Waals surface area (Å²) in [5.74, 6) is 0.812. The Hall–Kier alpha value is -1.97. The lowest BCUT2D eigenvalue weighted by molar-refractivity contribution is 0.370. The number of nitrogens with one attached hydrogen (secondary N) is 1. The first kappa shape index (κ1) is 12.5. The van der Waals surface area contributed by atoms with Crippen LogP contribution in [0.25, 0.3) is 0 Å². The van der Waals surface area contributed by atoms with E-state index in [1.54, 1.807) is 11.8 Å². The minimum atomic E-state index is 0.714. The summed E-state index contributed by atoms with van der Waals surface area (Å²) >= 11 is 0. The summed E-state index contributed by atoms with van der Waals surface area (Å²) in [5, 5.41) is 7.74. The first-order chi connectivity index (χ1) is 8.61. The normalized spacial score (nSPS) is 10.4. The quantitative estimate of drug-likeness (QED) is 0.900. The van der Waals surface area contributed by atoms with Gasteiger partial charge in [0.25, 0.3) is 0 Å². The first-order valence-corrected chi connectivity index (χ1v) is 5.99. The van der Waals surface area contributed by atoms with Crippen molar-refractivity contribution in [2.24, 2.45) is 7.05 Å². The summed E-state index contributed by atoms with van der Waals surface area (Å²) in [4.78, 5) is 0. The Labute approximate surface area is 108 Å². The molecule has 0 saturated carbocycles. The molecule has 4 heteroatoms. The third-order valence-corrected chi connectivity index (χ3v) is 3.00. The van der Waals surface area contributed by atoms with Crippen LogP contribution in [0.4, 0.5) is 5.69 Å². The predicted molar refractivity (Wildman–Crippen MR) is 73.0 cm³/mol. The number of nitrogens with zero attached hydrogens (tertiary/aromatic N) is 2. The summed E-state index contributed by atoms with van der Waals surface area (Å²) in [6.45, 7) is 4.79. The molecule has 0 fully saturated rings. The summed E-state index contributed by atoms with van der Waals surface area (Å²) < 4.78 is 7.13. The molecule has 0 aliphatic carbocycles. The molecule has 0 bridgehead atoms. The van der Waals surface area contributed by atoms with E-state index in [4.69, 9.17) is 4.74 Å². The zero-order chi connectivity index (χ0) is 13.1. The Morgan fingerprint density at radius 1 is 1.22 bits per heavy atom. The number of anilines is 1. The molecule has 0 spiro atoms. The molecule has 0 aliphatic rings. The predicted octanol–water partition coefficient (Wildman–Crippen LogP) is 2.66. The molecule has 1 N–H and O–H groups in total. The van der Waals surface area contributed by atoms with E-state index in [-0.39, 0.29) is 0 Å². The van der Waals surface area contributed by atoms with E-state index in [2.05, 4.69) is 41.6 Å². The van der Waals surface area contributed by atoms with Crippen LogP contribution < -0.4 is 10.1 Å². The number of methoxy groups -OCH3 is 1. The van der Waals surface area contributed by atoms with E-state index in [1.807, 2.05) is 14.0 Å². The molecule has 96 valence electrons. The molecule has 0 radical (unpaired) electrons. The second-order valence-corrected chi connectivity index (χ2v) is 4.42. The van der Waals surface area contributed by atoms with Crippen LogP contribution in [0.2, 0.25) is 0 Å². The molecule has 0 aliphatic heterocycles. The second kappa shape index (κ2) is 5.12. The molecule has 0 unspecified atom stereocenters. The number of ether oxygens (including phenoxy) is 1. The maximum absolute atomic E-state index is 5.36. The van der Waals surface area contributed by atoms with Gasteiger partial charge in [-0.2, -0.15) is 5.10 Å². The van der Waals surface area contributed by atoms with Gasteiger partial charge in [0.2, 0.25) is 5.88 Å². The molecule has 18 heavy (non-hydrogen) atoms. The number of aryl methyl sites for hydroxylation is 3. The van der Waals surface area contributed by atoms with Crippen molar-refractivity contribution in [3.05, 3.63) is 41.1 Å². The van der Waals surface area contributed by atoms with Crippen LogP contribution in [0.15, 0.2) is 24.3 Å². The van der Waals surface area contributed by atoms with Gasteiger partial charge < -0.3 is 10.1 Å². The fraction of sp³-hybridized carbons (Fsp3) is 0.357. The summed E-state index contributed by atoms with van der Waals surface area (Å²) in [6.07, 6.45) is 0. The Kier molecular flexibility index (Phi) is 3.55. The number of hydrogen-bond donors (Lipinski definition) is 1. The van der Waals surface area contributed by atoms with Gasteiger partial charge in [-0.05, 0) is 26.0 Å². The van der Waals surface area contributed by atoms with Crippen LogP contribution in [-0.4, -0.2) is 16.9 Å². The van der Waals surface area contributed by atoms with Gasteiger partial charge in [-0.1, -0.05) is 17.7 Å². The van der Waals surface area contributed by atoms with E-state index in [9.17, 15) is 0 Å². The van der Waals surface area contributed by atoms with E-state index < -0.39 is 0 Å². The lowest BCUT2D eigenvalue weighted by Gasteiger charge is -2.08. The highest BCUT2D eigenvalue weighted by Gasteiger charge is 2.13. The van der Waals surface area contributed by atoms with Crippen LogP contribution in [-0.2, 0) is 13.6 Å². The molecule has 2 aromatic rings. The Bertz CT molecular complexity index is 529. The van der Waals surface area contributed by atoms with Gasteiger partial charge in [-0.15, -0.1) is 0 Å². The van der Waals surface area contributed by atoms with E-state index >= 15 is 0 Å². The van der Waals surface area contributed by atoms with Gasteiger partial charge in [-0.25, -0.2) is 4.68 Å². The lowest BCUT2D eigenvalue weighted by atomic mass is 10.2. The van der Waals surface area contributed by atoms with Gasteiger partial charge in [0.05, 0.1) is 18.4 Å². The molecule has 0 atom stereocenters. The fourth-order valence-electron chi connectivity index (χ4n) is 2.00. The maximum atomic E-state index is 5.36. The number of benzene rings is 1. The van der Waals surface area contributed by atoms with Crippen LogP contribution in [0.5, 0.6) is 5.88 Å². The smallest absolute Gasteiger partial charge is 0.216 e. The third-order valence-electron chi connectivity index (χ3n) is 3.00. The molecular weight excluding hydrogens is 226 g/mol. The third kappa shape index (κ3) is 2.47. The van der Waals surface area contributed by atoms with E-state index in [0.717, 1.165) is 22.8 Å². The minimum absolute atomic E-state index is 0.714. The molecule has 0 saturated heterocycles. The van der Waals surface area contributed by atoms with E-state index in [0.29, 0.717) is 6.54 Å². The van der Waals surface area contributed by atoms with Crippen molar-refractivity contribution in [3.63, 3.8) is 0 Å². The summed E-state index contributed by atoms with van der Waals surface area (Å²) in [6, 6.07) is 8.34. The van der Waals surface area contributed by atoms with Gasteiger partial charge in [0, 0.05) is 19.3 Å². The second-order valence-electron chi connectivity index (χ2n) is 4.42. The van der Waals surface area contributed by atoms with Crippen molar-refractivity contribution in [1.82, 2.24) is 9.78 Å². The van der Waals surface area contributed by atoms with Gasteiger partial charge >= 0.3 is 0 Å². The largest absolute Gasteiger partial charge is 0.481 e. The topological polar surface area (TPSA) is 39.1 Å². The van der Waals surface area contributed by atoms with Crippen molar-refractivity contribution in [1.29, 1.82) is 0 Å². The standard InChI is InChI=1S/C14H19N3O/c1-10-5-7-12(8-6-10)15-9-13-11(2)16-17(3)14(13)18-4/h5-8,15H,9H2,1-4H3. The van der Waals surface area contributed by atoms with E-state index in [1.165, 1.54) is 5.56 Å². The van der Waals surface area contributed by atoms with Crippen molar-refractivity contribution >= 4 is 5.69 Å². The highest BCUT2D eigenvalue weighted by Crippen LogP contribution is 2.22. The molecule has 1 aromatic heterocycles. The molecule has 0 amide bonds. The van der Waals surface area contributed by atoms with Crippen molar-refractivity contribution in [2.45, 2.75) is 20.4 Å². The van der Waals surface area contributed by atoms with Crippen molar-refractivity contribution in [2.75, 3.05) is 12.4 Å². The summed E-state index contributed by atoms with van der Waals surface area (Å²) in [5.41, 5.74) is 4.45. The zero-order valence-electron chi connectivity index (χ0n) is 11.3. The maximum Gasteiger partial charge on any atom is 0.216 e. The highest BCUT2D eigenvalue weighted by atomic mass is 16.5. The monoisotopic (exact) mass is 245 g/mol. The first-order valence-electron chi connectivity index (χ1n) is 5.99. The summed E-state index contributed by atoms with van der Waals surface area (Å²) in [7, 11) is 3.56. The van der Waals surface area contributed by atoms with Crippen molar-refractivity contribution < 1.29 is 4.74 Å². The average Bonchev–Trinajstić information content (AvgIpc) is 2.62. The van der Waals surface area contributed by atoms with Crippen molar-refractivity contribution in [3.8, 4) is 5.88 Å². The Morgan fingerprint density at radius 3 is 2.50 bits per heavy atom.